The molecule has 28 heavy (non-hydrogen) atoms. The van der Waals surface area contributed by atoms with Gasteiger partial charge in [0.25, 0.3) is 11.1 Å². The Morgan fingerprint density at radius 1 is 1.32 bits per heavy atom. The maximum Gasteiger partial charge on any atom is 0.341 e. The third-order valence-corrected chi connectivity index (χ3v) is 4.76. The fourth-order valence-electron chi connectivity index (χ4n) is 2.42. The highest BCUT2D eigenvalue weighted by atomic mass is 35.5. The lowest BCUT2D eigenvalue weighted by Gasteiger charge is -2.13. The zero-order valence-electron chi connectivity index (χ0n) is 15.4. The molecule has 1 saturated heterocycles. The molecule has 0 spiro atoms. The van der Waals surface area contributed by atoms with Crippen molar-refractivity contribution in [3.8, 4) is 11.5 Å². The molecule has 1 aromatic carbocycles. The number of aliphatic carboxylic acids is 1. The largest absolute Gasteiger partial charge is 0.490 e. The highest BCUT2D eigenvalue weighted by molar-refractivity contribution is 8.18. The molecule has 0 aromatic heterocycles. The molecule has 0 bridgehead atoms. The third kappa shape index (κ3) is 5.63. The van der Waals surface area contributed by atoms with Crippen LogP contribution in [0.1, 0.15) is 18.9 Å². The number of benzene rings is 1. The molecule has 8 nitrogen and oxygen atoms in total. The Hall–Kier alpha value is -2.23. The normalized spacial score (nSPS) is 15.4. The number of hydrogen-bond donors (Lipinski definition) is 1. The standard InChI is InChI=1S/C18H20ClNO7S/c1-3-26-13-8-11(7-12(19)16(13)27-10-15(21)22)9-14-17(23)20(18(24)28-14)5-4-6-25-2/h7-9H,3-6,10H2,1-2H3,(H,21,22)/b14-9+. The number of methoxy groups -OCH3 is 1. The quantitative estimate of drug-likeness (QED) is 0.446. The van der Waals surface area contributed by atoms with Gasteiger partial charge in [-0.05, 0) is 48.9 Å². The molecule has 1 aliphatic rings. The van der Waals surface area contributed by atoms with Crippen molar-refractivity contribution in [1.82, 2.24) is 4.90 Å². The van der Waals surface area contributed by atoms with Gasteiger partial charge < -0.3 is 19.3 Å². The molecule has 10 heteroatoms. The van der Waals surface area contributed by atoms with E-state index in [0.717, 1.165) is 11.8 Å². The minimum Gasteiger partial charge on any atom is -0.490 e. The number of halogens is 1. The van der Waals surface area contributed by atoms with Crippen molar-refractivity contribution in [2.45, 2.75) is 13.3 Å². The zero-order valence-corrected chi connectivity index (χ0v) is 17.0. The lowest BCUT2D eigenvalue weighted by atomic mass is 10.1. The first kappa shape index (κ1) is 22.1. The molecule has 1 aliphatic heterocycles. The average molecular weight is 430 g/mol. The lowest BCUT2D eigenvalue weighted by molar-refractivity contribution is -0.139. The predicted molar refractivity (Wildman–Crippen MR) is 105 cm³/mol. The van der Waals surface area contributed by atoms with Gasteiger partial charge >= 0.3 is 5.97 Å². The Labute approximate surface area is 171 Å². The third-order valence-electron chi connectivity index (χ3n) is 3.57. The van der Waals surface area contributed by atoms with E-state index >= 15 is 0 Å². The monoisotopic (exact) mass is 429 g/mol. The van der Waals surface area contributed by atoms with E-state index < -0.39 is 12.6 Å². The number of ether oxygens (including phenoxy) is 3. The minimum absolute atomic E-state index is 0.107. The molecule has 1 N–H and O–H groups in total. The molecule has 0 unspecified atom stereocenters. The van der Waals surface area contributed by atoms with Gasteiger partial charge in [-0.25, -0.2) is 4.79 Å². The van der Waals surface area contributed by atoms with Gasteiger partial charge in [0.15, 0.2) is 18.1 Å². The fraction of sp³-hybridized carbons (Fsp3) is 0.389. The number of thioether (sulfide) groups is 1. The number of carboxylic acid groups (broad SMARTS) is 1. The number of carbonyl (C=O) groups is 3. The SMILES string of the molecule is CCOc1cc(/C=C2/SC(=O)N(CCCOC)C2=O)cc(Cl)c1OCC(=O)O. The van der Waals surface area contributed by atoms with Crippen LogP contribution in [0.3, 0.4) is 0 Å². The summed E-state index contributed by atoms with van der Waals surface area (Å²) in [5, 5.41) is 8.58. The molecule has 2 rings (SSSR count). The van der Waals surface area contributed by atoms with E-state index in [-0.39, 0.29) is 39.1 Å². The highest BCUT2D eigenvalue weighted by Gasteiger charge is 2.34. The molecule has 152 valence electrons. The van der Waals surface area contributed by atoms with Crippen LogP contribution in [0.4, 0.5) is 4.79 Å². The number of rotatable bonds is 10. The molecular formula is C18H20ClNO7S. The summed E-state index contributed by atoms with van der Waals surface area (Å²) < 4.78 is 15.6. The Morgan fingerprint density at radius 2 is 2.07 bits per heavy atom. The highest BCUT2D eigenvalue weighted by Crippen LogP contribution is 2.39. The number of imide groups is 1. The van der Waals surface area contributed by atoms with E-state index in [9.17, 15) is 14.4 Å². The number of amides is 2. The molecule has 0 saturated carbocycles. The second-order valence-corrected chi connectivity index (χ2v) is 7.03. The summed E-state index contributed by atoms with van der Waals surface area (Å²) in [6.45, 7) is 2.22. The van der Waals surface area contributed by atoms with Gasteiger partial charge in [-0.2, -0.15) is 0 Å². The fourth-order valence-corrected chi connectivity index (χ4v) is 3.56. The summed E-state index contributed by atoms with van der Waals surface area (Å²) >= 11 is 7.05. The second-order valence-electron chi connectivity index (χ2n) is 5.63. The minimum atomic E-state index is -1.15. The first-order valence-electron chi connectivity index (χ1n) is 8.42. The van der Waals surface area contributed by atoms with Crippen LogP contribution in [-0.2, 0) is 14.3 Å². The van der Waals surface area contributed by atoms with E-state index in [1.807, 2.05) is 0 Å². The maximum absolute atomic E-state index is 12.5. The van der Waals surface area contributed by atoms with Crippen LogP contribution in [0.25, 0.3) is 6.08 Å². The van der Waals surface area contributed by atoms with E-state index in [2.05, 4.69) is 0 Å². The summed E-state index contributed by atoms with van der Waals surface area (Å²) in [5.74, 6) is -1.17. The van der Waals surface area contributed by atoms with Gasteiger partial charge in [0.2, 0.25) is 0 Å². The average Bonchev–Trinajstić information content (AvgIpc) is 2.88. The number of carboxylic acids is 1. The van der Waals surface area contributed by atoms with E-state index in [0.29, 0.717) is 25.2 Å². The van der Waals surface area contributed by atoms with Crippen molar-refractivity contribution < 1.29 is 33.7 Å². The van der Waals surface area contributed by atoms with E-state index in [1.165, 1.54) is 17.0 Å². The van der Waals surface area contributed by atoms with Crippen molar-refractivity contribution in [1.29, 1.82) is 0 Å². The van der Waals surface area contributed by atoms with Gasteiger partial charge in [0.1, 0.15) is 0 Å². The molecule has 1 fully saturated rings. The van der Waals surface area contributed by atoms with Crippen LogP contribution in [0.15, 0.2) is 17.0 Å². The first-order chi connectivity index (χ1) is 13.4. The van der Waals surface area contributed by atoms with Crippen LogP contribution in [0, 0.1) is 0 Å². The summed E-state index contributed by atoms with van der Waals surface area (Å²) in [6, 6.07) is 3.09. The summed E-state index contributed by atoms with van der Waals surface area (Å²) in [4.78, 5) is 36.7. The van der Waals surface area contributed by atoms with Crippen LogP contribution >= 0.6 is 23.4 Å². The Morgan fingerprint density at radius 3 is 2.71 bits per heavy atom. The van der Waals surface area contributed by atoms with Crippen molar-refractivity contribution in [3.63, 3.8) is 0 Å². The van der Waals surface area contributed by atoms with Gasteiger partial charge in [0.05, 0.1) is 16.5 Å². The van der Waals surface area contributed by atoms with Gasteiger partial charge in [-0.15, -0.1) is 0 Å². The molecular weight excluding hydrogens is 410 g/mol. The Kier molecular flexibility index (Phi) is 8.16. The lowest BCUT2D eigenvalue weighted by Crippen LogP contribution is -2.29. The van der Waals surface area contributed by atoms with Crippen LogP contribution < -0.4 is 9.47 Å². The van der Waals surface area contributed by atoms with E-state index in [1.54, 1.807) is 20.1 Å². The van der Waals surface area contributed by atoms with Crippen molar-refractivity contribution in [2.24, 2.45) is 0 Å². The Bertz CT molecular complexity index is 796. The van der Waals surface area contributed by atoms with Crippen molar-refractivity contribution in [3.05, 3.63) is 27.6 Å². The summed E-state index contributed by atoms with van der Waals surface area (Å²) in [5.41, 5.74) is 0.526. The number of hydrogen-bond acceptors (Lipinski definition) is 7. The number of carbonyl (C=O) groups excluding carboxylic acids is 2. The van der Waals surface area contributed by atoms with Gasteiger partial charge in [-0.1, -0.05) is 11.6 Å². The Balaban J connectivity index is 2.26. The predicted octanol–water partition coefficient (Wildman–Crippen LogP) is 3.27. The topological polar surface area (TPSA) is 102 Å². The second kappa shape index (κ2) is 10.4. The van der Waals surface area contributed by atoms with E-state index in [4.69, 9.17) is 30.9 Å². The molecule has 0 aliphatic carbocycles. The first-order valence-corrected chi connectivity index (χ1v) is 9.62. The van der Waals surface area contributed by atoms with Crippen LogP contribution in [0.5, 0.6) is 11.5 Å². The van der Waals surface area contributed by atoms with Gasteiger partial charge in [0, 0.05) is 20.3 Å². The van der Waals surface area contributed by atoms with Crippen molar-refractivity contribution in [2.75, 3.05) is 33.5 Å². The van der Waals surface area contributed by atoms with Gasteiger partial charge in [-0.3, -0.25) is 14.5 Å². The smallest absolute Gasteiger partial charge is 0.341 e. The molecule has 1 heterocycles. The van der Waals surface area contributed by atoms with Crippen LogP contribution in [0.2, 0.25) is 5.02 Å². The molecule has 0 radical (unpaired) electrons. The number of nitrogens with zero attached hydrogens (tertiary/aromatic N) is 1. The molecule has 2 amide bonds. The van der Waals surface area contributed by atoms with Crippen molar-refractivity contribution >= 4 is 46.6 Å². The van der Waals surface area contributed by atoms with Crippen LogP contribution in [-0.4, -0.2) is 60.6 Å². The zero-order chi connectivity index (χ0) is 20.7. The summed E-state index contributed by atoms with van der Waals surface area (Å²) in [7, 11) is 1.55. The molecule has 1 aromatic rings. The summed E-state index contributed by atoms with van der Waals surface area (Å²) in [6.07, 6.45) is 2.09. The maximum atomic E-state index is 12.5. The molecule has 0 atom stereocenters.